The van der Waals surface area contributed by atoms with E-state index in [0.717, 1.165) is 44.7 Å². The zero-order chi connectivity index (χ0) is 19.3. The molecule has 0 bridgehead atoms. The molecule has 2 unspecified atom stereocenters. The molecule has 0 aliphatic heterocycles. The minimum absolute atomic E-state index is 0. The molecule has 28 heavy (non-hydrogen) atoms. The molecule has 2 N–H and O–H groups in total. The molecule has 3 fully saturated rings. The van der Waals surface area contributed by atoms with Crippen LogP contribution >= 0.6 is 24.0 Å². The van der Waals surface area contributed by atoms with E-state index in [9.17, 15) is 4.79 Å². The number of ether oxygens (including phenoxy) is 2. The molecule has 0 radical (unpaired) electrons. The summed E-state index contributed by atoms with van der Waals surface area (Å²) in [7, 11) is 1.85. The molecule has 3 rings (SSSR count). The van der Waals surface area contributed by atoms with Gasteiger partial charge in [-0.15, -0.1) is 24.0 Å². The minimum atomic E-state index is -0.0296. The number of carbonyl (C=O) groups excluding carboxylic acids is 1. The van der Waals surface area contributed by atoms with E-state index < -0.39 is 0 Å². The summed E-state index contributed by atoms with van der Waals surface area (Å²) in [4.78, 5) is 16.4. The number of aliphatic imine (C=N–C) groups is 1. The van der Waals surface area contributed by atoms with E-state index in [-0.39, 0.29) is 35.9 Å². The van der Waals surface area contributed by atoms with Crippen molar-refractivity contribution in [1.29, 1.82) is 0 Å². The van der Waals surface area contributed by atoms with Gasteiger partial charge >= 0.3 is 5.97 Å². The molecule has 7 heteroatoms. The van der Waals surface area contributed by atoms with Gasteiger partial charge in [-0.25, -0.2) is 0 Å². The first-order chi connectivity index (χ1) is 13.1. The van der Waals surface area contributed by atoms with Crippen LogP contribution in [0.5, 0.6) is 0 Å². The fourth-order valence-electron chi connectivity index (χ4n) is 5.35. The smallest absolute Gasteiger partial charge is 0.308 e. The number of halogens is 1. The van der Waals surface area contributed by atoms with Crippen molar-refractivity contribution in [3.05, 3.63) is 0 Å². The van der Waals surface area contributed by atoms with Crippen LogP contribution in [0.3, 0.4) is 0 Å². The van der Waals surface area contributed by atoms with Crippen molar-refractivity contribution in [2.45, 2.75) is 89.8 Å². The zero-order valence-corrected chi connectivity index (χ0v) is 20.0. The van der Waals surface area contributed by atoms with E-state index in [4.69, 9.17) is 9.47 Å². The molecule has 0 saturated heterocycles. The molecule has 2 atom stereocenters. The lowest BCUT2D eigenvalue weighted by molar-refractivity contribution is -0.149. The van der Waals surface area contributed by atoms with Gasteiger partial charge in [-0.1, -0.05) is 12.8 Å². The predicted octanol–water partition coefficient (Wildman–Crippen LogP) is 3.63. The van der Waals surface area contributed by atoms with E-state index in [0.29, 0.717) is 30.2 Å². The van der Waals surface area contributed by atoms with E-state index >= 15 is 0 Å². The Kier molecular flexibility index (Phi) is 9.31. The van der Waals surface area contributed by atoms with E-state index in [1.54, 1.807) is 0 Å². The van der Waals surface area contributed by atoms with Gasteiger partial charge in [0.05, 0.1) is 18.6 Å². The van der Waals surface area contributed by atoms with Crippen molar-refractivity contribution < 1.29 is 14.3 Å². The number of hydrogen-bond acceptors (Lipinski definition) is 4. The van der Waals surface area contributed by atoms with E-state index in [2.05, 4.69) is 22.5 Å². The predicted molar refractivity (Wildman–Crippen MR) is 122 cm³/mol. The van der Waals surface area contributed by atoms with Gasteiger partial charge in [-0.3, -0.25) is 9.79 Å². The Morgan fingerprint density at radius 3 is 2.32 bits per heavy atom. The Hall–Kier alpha value is -0.570. The van der Waals surface area contributed by atoms with Crippen LogP contribution in [-0.2, 0) is 14.3 Å². The van der Waals surface area contributed by atoms with Gasteiger partial charge in [0.2, 0.25) is 0 Å². The summed E-state index contributed by atoms with van der Waals surface area (Å²) in [6.07, 6.45) is 10.4. The van der Waals surface area contributed by atoms with Gasteiger partial charge in [-0.05, 0) is 58.8 Å². The molecule has 3 aliphatic rings. The second-order valence-electron chi connectivity index (χ2n) is 8.33. The monoisotopic (exact) mass is 507 g/mol. The number of esters is 1. The Morgan fingerprint density at radius 1 is 1.07 bits per heavy atom. The fourth-order valence-corrected chi connectivity index (χ4v) is 5.35. The third kappa shape index (κ3) is 5.12. The molecule has 0 heterocycles. The molecule has 0 aromatic carbocycles. The van der Waals surface area contributed by atoms with Crippen LogP contribution in [0.4, 0.5) is 0 Å². The normalized spacial score (nSPS) is 31.6. The number of rotatable bonds is 6. The first-order valence-corrected chi connectivity index (χ1v) is 10.9. The maximum atomic E-state index is 11.9. The summed E-state index contributed by atoms with van der Waals surface area (Å²) >= 11 is 0. The number of nitrogens with one attached hydrogen (secondary N) is 2. The topological polar surface area (TPSA) is 72.0 Å². The molecule has 162 valence electrons. The third-order valence-corrected chi connectivity index (χ3v) is 6.91. The van der Waals surface area contributed by atoms with Gasteiger partial charge in [0.25, 0.3) is 0 Å². The standard InChI is InChI=1S/C21H37N3O3.HI/c1-4-26-18-14-17(21(18)12-6-7-13-21)24-20(22-3)23-16-10-8-15(9-11-16)19(25)27-5-2;/h15-18H,4-14H2,1-3H3,(H2,22,23,24);1H. The lowest BCUT2D eigenvalue weighted by Crippen LogP contribution is -2.65. The largest absolute Gasteiger partial charge is 0.466 e. The second-order valence-corrected chi connectivity index (χ2v) is 8.33. The average molecular weight is 507 g/mol. The molecule has 1 spiro atoms. The number of hydrogen-bond donors (Lipinski definition) is 2. The van der Waals surface area contributed by atoms with Crippen molar-refractivity contribution in [3.63, 3.8) is 0 Å². The number of guanidine groups is 1. The first-order valence-electron chi connectivity index (χ1n) is 10.9. The summed E-state index contributed by atoms with van der Waals surface area (Å²) < 4.78 is 11.2. The van der Waals surface area contributed by atoms with Gasteiger partial charge in [0.15, 0.2) is 5.96 Å². The highest BCUT2D eigenvalue weighted by molar-refractivity contribution is 14.0. The highest BCUT2D eigenvalue weighted by atomic mass is 127. The van der Waals surface area contributed by atoms with Crippen LogP contribution in [0, 0.1) is 11.3 Å². The summed E-state index contributed by atoms with van der Waals surface area (Å²) in [6, 6.07) is 0.836. The zero-order valence-electron chi connectivity index (χ0n) is 17.7. The Labute approximate surface area is 187 Å². The maximum Gasteiger partial charge on any atom is 0.308 e. The van der Waals surface area contributed by atoms with Crippen molar-refractivity contribution >= 4 is 35.9 Å². The third-order valence-electron chi connectivity index (χ3n) is 6.91. The van der Waals surface area contributed by atoms with Crippen molar-refractivity contribution in [3.8, 4) is 0 Å². The Morgan fingerprint density at radius 2 is 1.75 bits per heavy atom. The molecule has 0 amide bonds. The van der Waals surface area contributed by atoms with Crippen molar-refractivity contribution in [1.82, 2.24) is 10.6 Å². The molecule has 3 saturated carbocycles. The lowest BCUT2D eigenvalue weighted by atomic mass is 9.60. The van der Waals surface area contributed by atoms with Gasteiger partial charge in [0, 0.05) is 31.2 Å². The average Bonchev–Trinajstić information content (AvgIpc) is 3.20. The highest BCUT2D eigenvalue weighted by Crippen LogP contribution is 2.54. The van der Waals surface area contributed by atoms with Crippen LogP contribution in [0.2, 0.25) is 0 Å². The van der Waals surface area contributed by atoms with E-state index in [1.807, 2.05) is 14.0 Å². The van der Waals surface area contributed by atoms with Crippen molar-refractivity contribution in [2.75, 3.05) is 20.3 Å². The molecule has 0 aromatic heterocycles. The molecule has 0 aromatic rings. The second kappa shape index (κ2) is 11.0. The Balaban J connectivity index is 0.00000280. The SMILES string of the molecule is CCOC(=O)C1CCC(NC(=NC)NC2CC(OCC)C23CCCC3)CC1.I. The summed E-state index contributed by atoms with van der Waals surface area (Å²) in [5, 5.41) is 7.29. The quantitative estimate of drug-likeness (QED) is 0.249. The van der Waals surface area contributed by atoms with Crippen LogP contribution < -0.4 is 10.6 Å². The summed E-state index contributed by atoms with van der Waals surface area (Å²) in [5.74, 6) is 0.942. The maximum absolute atomic E-state index is 11.9. The van der Waals surface area contributed by atoms with Crippen LogP contribution in [0.15, 0.2) is 4.99 Å². The van der Waals surface area contributed by atoms with Gasteiger partial charge in [0.1, 0.15) is 0 Å². The summed E-state index contributed by atoms with van der Waals surface area (Å²) in [5.41, 5.74) is 0.301. The van der Waals surface area contributed by atoms with Gasteiger partial charge in [-0.2, -0.15) is 0 Å². The van der Waals surface area contributed by atoms with Crippen LogP contribution in [-0.4, -0.2) is 50.4 Å². The van der Waals surface area contributed by atoms with Gasteiger partial charge < -0.3 is 20.1 Å². The van der Waals surface area contributed by atoms with Crippen LogP contribution in [0.25, 0.3) is 0 Å². The molecule has 6 nitrogen and oxygen atoms in total. The Bertz CT molecular complexity index is 529. The molecular formula is C21H38IN3O3. The van der Waals surface area contributed by atoms with Crippen molar-refractivity contribution in [2.24, 2.45) is 16.3 Å². The minimum Gasteiger partial charge on any atom is -0.466 e. The highest BCUT2D eigenvalue weighted by Gasteiger charge is 2.57. The van der Waals surface area contributed by atoms with Crippen LogP contribution in [0.1, 0.15) is 71.6 Å². The lowest BCUT2D eigenvalue weighted by Gasteiger charge is -2.54. The number of nitrogens with zero attached hydrogens (tertiary/aromatic N) is 1. The molecule has 3 aliphatic carbocycles. The fraction of sp³-hybridized carbons (Fsp3) is 0.905. The van der Waals surface area contributed by atoms with E-state index in [1.165, 1.54) is 25.7 Å². The molecular weight excluding hydrogens is 469 g/mol. The first kappa shape index (κ1) is 23.7. The summed E-state index contributed by atoms with van der Waals surface area (Å²) in [6.45, 7) is 5.24. The number of carbonyl (C=O) groups is 1.